The van der Waals surface area contributed by atoms with Crippen molar-refractivity contribution < 1.29 is 17.9 Å². The van der Waals surface area contributed by atoms with E-state index in [4.69, 9.17) is 39.5 Å². The lowest BCUT2D eigenvalue weighted by Gasteiger charge is -2.37. The number of benzene rings is 3. The number of anilines is 1. The van der Waals surface area contributed by atoms with Gasteiger partial charge in [-0.15, -0.1) is 0 Å². The van der Waals surface area contributed by atoms with Crippen molar-refractivity contribution in [3.8, 4) is 5.75 Å². The molecule has 37 heavy (non-hydrogen) atoms. The predicted molar refractivity (Wildman–Crippen MR) is 147 cm³/mol. The number of piperazine rings is 1. The predicted octanol–water partition coefficient (Wildman–Crippen LogP) is 5.20. The highest BCUT2D eigenvalue weighted by Crippen LogP contribution is 2.29. The Morgan fingerprint density at radius 3 is 2.24 bits per heavy atom. The molecule has 0 spiro atoms. The molecule has 1 aliphatic rings. The summed E-state index contributed by atoms with van der Waals surface area (Å²) in [6, 6.07) is 18.5. The van der Waals surface area contributed by atoms with Gasteiger partial charge in [0.05, 0.1) is 34.3 Å². The number of sulfonamides is 1. The van der Waals surface area contributed by atoms with Crippen molar-refractivity contribution in [3.05, 3.63) is 87.4 Å². The van der Waals surface area contributed by atoms with E-state index in [-0.39, 0.29) is 23.9 Å². The summed E-state index contributed by atoms with van der Waals surface area (Å²) in [5, 5.41) is 1.09. The van der Waals surface area contributed by atoms with Gasteiger partial charge in [-0.1, -0.05) is 53.0 Å². The Morgan fingerprint density at radius 2 is 1.59 bits per heavy atom. The number of para-hydroxylation sites is 2. The van der Waals surface area contributed by atoms with E-state index in [9.17, 15) is 13.2 Å². The number of hydrogen-bond donors (Lipinski definition) is 0. The van der Waals surface area contributed by atoms with Gasteiger partial charge in [0.2, 0.25) is 15.9 Å². The molecule has 11 heteroatoms. The number of methoxy groups -OCH3 is 1. The molecule has 1 saturated heterocycles. The second-order valence-corrected chi connectivity index (χ2v) is 11.7. The number of nitrogens with zero attached hydrogens (tertiary/aromatic N) is 3. The van der Waals surface area contributed by atoms with Crippen LogP contribution < -0.4 is 9.64 Å². The Hall–Kier alpha value is -2.49. The van der Waals surface area contributed by atoms with Gasteiger partial charge in [-0.3, -0.25) is 4.79 Å². The second-order valence-electron chi connectivity index (χ2n) is 8.52. The summed E-state index contributed by atoms with van der Waals surface area (Å²) in [6.45, 7) is 1.75. The van der Waals surface area contributed by atoms with Crippen LogP contribution in [-0.2, 0) is 21.4 Å². The largest absolute Gasteiger partial charge is 0.495 e. The van der Waals surface area contributed by atoms with Crippen LogP contribution in [0, 0.1) is 0 Å². The van der Waals surface area contributed by atoms with Gasteiger partial charge in [0.25, 0.3) is 0 Å². The summed E-state index contributed by atoms with van der Waals surface area (Å²) in [5.41, 5.74) is 1.57. The molecule has 1 fully saturated rings. The topological polar surface area (TPSA) is 70.2 Å². The molecular weight excluding hydrogens is 557 g/mol. The number of rotatable bonds is 8. The Bertz CT molecular complexity index is 1360. The van der Waals surface area contributed by atoms with Crippen molar-refractivity contribution in [3.63, 3.8) is 0 Å². The summed E-state index contributed by atoms with van der Waals surface area (Å²) in [5.74, 6) is 0.487. The number of halogens is 3. The van der Waals surface area contributed by atoms with E-state index in [1.54, 1.807) is 30.2 Å². The summed E-state index contributed by atoms with van der Waals surface area (Å²) in [6.07, 6.45) is 0. The average molecular weight is 583 g/mol. The zero-order chi connectivity index (χ0) is 26.6. The van der Waals surface area contributed by atoms with Crippen LogP contribution in [-0.4, -0.2) is 63.4 Å². The highest BCUT2D eigenvalue weighted by molar-refractivity contribution is 7.89. The van der Waals surface area contributed by atoms with Gasteiger partial charge in [-0.2, -0.15) is 4.31 Å². The number of hydrogen-bond acceptors (Lipinski definition) is 5. The maximum atomic E-state index is 13.6. The van der Waals surface area contributed by atoms with Crippen LogP contribution >= 0.6 is 34.8 Å². The molecule has 0 saturated carbocycles. The molecule has 1 heterocycles. The molecule has 0 unspecified atom stereocenters. The third kappa shape index (κ3) is 6.51. The molecule has 3 aromatic carbocycles. The standard InChI is InChI=1S/C26H26Cl3N3O4S/c1-36-25-5-3-2-4-24(25)30-12-14-31(15-13-30)26(33)18-32(17-19-6-11-22(28)23(29)16-19)37(34,35)21-9-7-20(27)8-10-21/h2-11,16H,12-15,17-18H2,1H3. The van der Waals surface area contributed by atoms with E-state index in [2.05, 4.69) is 4.90 Å². The minimum absolute atomic E-state index is 0.0469. The van der Waals surface area contributed by atoms with Gasteiger partial charge >= 0.3 is 0 Å². The average Bonchev–Trinajstić information content (AvgIpc) is 2.90. The van der Waals surface area contributed by atoms with E-state index in [0.717, 1.165) is 15.7 Å². The van der Waals surface area contributed by atoms with Crippen LogP contribution in [0.25, 0.3) is 0 Å². The molecule has 0 atom stereocenters. The molecule has 0 aromatic heterocycles. The Balaban J connectivity index is 1.52. The molecule has 7 nitrogen and oxygen atoms in total. The Morgan fingerprint density at radius 1 is 0.919 bits per heavy atom. The van der Waals surface area contributed by atoms with Crippen LogP contribution in [0.2, 0.25) is 15.1 Å². The SMILES string of the molecule is COc1ccccc1N1CCN(C(=O)CN(Cc2ccc(Cl)c(Cl)c2)S(=O)(=O)c2ccc(Cl)cc2)CC1. The minimum atomic E-state index is -4.01. The van der Waals surface area contributed by atoms with E-state index >= 15 is 0 Å². The van der Waals surface area contributed by atoms with Gasteiger partial charge in [-0.05, 0) is 54.1 Å². The normalized spacial score (nSPS) is 14.2. The first-order chi connectivity index (χ1) is 17.7. The minimum Gasteiger partial charge on any atom is -0.495 e. The molecular formula is C26H26Cl3N3O4S. The monoisotopic (exact) mass is 581 g/mol. The van der Waals surface area contributed by atoms with Crippen LogP contribution in [0.1, 0.15) is 5.56 Å². The van der Waals surface area contributed by atoms with Crippen molar-refractivity contribution in [1.82, 2.24) is 9.21 Å². The maximum Gasteiger partial charge on any atom is 0.243 e. The van der Waals surface area contributed by atoms with Crippen LogP contribution in [0.3, 0.4) is 0 Å². The quantitative estimate of drug-likeness (QED) is 0.365. The lowest BCUT2D eigenvalue weighted by Crippen LogP contribution is -2.51. The van der Waals surface area contributed by atoms with E-state index in [1.165, 1.54) is 24.3 Å². The first kappa shape index (κ1) is 27.5. The number of carbonyl (C=O) groups is 1. The molecule has 0 N–H and O–H groups in total. The van der Waals surface area contributed by atoms with E-state index < -0.39 is 10.0 Å². The third-order valence-electron chi connectivity index (χ3n) is 6.16. The molecule has 0 radical (unpaired) electrons. The van der Waals surface area contributed by atoms with Gasteiger partial charge in [0.1, 0.15) is 5.75 Å². The van der Waals surface area contributed by atoms with Crippen LogP contribution in [0.15, 0.2) is 71.6 Å². The first-order valence-electron chi connectivity index (χ1n) is 11.5. The zero-order valence-electron chi connectivity index (χ0n) is 20.1. The Kier molecular flexibility index (Phi) is 8.87. The maximum absolute atomic E-state index is 13.6. The van der Waals surface area contributed by atoms with Crippen molar-refractivity contribution in [2.24, 2.45) is 0 Å². The molecule has 1 amide bonds. The van der Waals surface area contributed by atoms with Crippen LogP contribution in [0.5, 0.6) is 5.75 Å². The number of ether oxygens (including phenoxy) is 1. The third-order valence-corrected chi connectivity index (χ3v) is 8.96. The fourth-order valence-corrected chi connectivity index (χ4v) is 5.99. The first-order valence-corrected chi connectivity index (χ1v) is 14.1. The van der Waals surface area contributed by atoms with Crippen molar-refractivity contribution in [1.29, 1.82) is 0 Å². The number of carbonyl (C=O) groups excluding carboxylic acids is 1. The van der Waals surface area contributed by atoms with E-state index in [1.807, 2.05) is 24.3 Å². The van der Waals surface area contributed by atoms with Gasteiger partial charge < -0.3 is 14.5 Å². The van der Waals surface area contributed by atoms with Crippen LogP contribution in [0.4, 0.5) is 5.69 Å². The number of amides is 1. The van der Waals surface area contributed by atoms with E-state index in [0.29, 0.717) is 46.8 Å². The molecule has 0 bridgehead atoms. The molecule has 3 aromatic rings. The Labute approximate surface area is 232 Å². The molecule has 196 valence electrons. The summed E-state index contributed by atoms with van der Waals surface area (Å²) in [4.78, 5) is 17.2. The fraction of sp³-hybridized carbons (Fsp3) is 0.269. The molecule has 1 aliphatic heterocycles. The van der Waals surface area contributed by atoms with Crippen molar-refractivity contribution in [2.45, 2.75) is 11.4 Å². The smallest absolute Gasteiger partial charge is 0.243 e. The summed E-state index contributed by atoms with van der Waals surface area (Å²) >= 11 is 18.1. The van der Waals surface area contributed by atoms with Crippen molar-refractivity contribution in [2.75, 3.05) is 44.7 Å². The molecule has 0 aliphatic carbocycles. The van der Waals surface area contributed by atoms with Gasteiger partial charge in [0, 0.05) is 37.7 Å². The second kappa shape index (κ2) is 11.9. The summed E-state index contributed by atoms with van der Waals surface area (Å²) in [7, 11) is -2.38. The molecule has 4 rings (SSSR count). The fourth-order valence-electron chi connectivity index (χ4n) is 4.16. The summed E-state index contributed by atoms with van der Waals surface area (Å²) < 4.78 is 33.7. The highest BCUT2D eigenvalue weighted by Gasteiger charge is 2.30. The highest BCUT2D eigenvalue weighted by atomic mass is 35.5. The van der Waals surface area contributed by atoms with Gasteiger partial charge in [0.15, 0.2) is 0 Å². The van der Waals surface area contributed by atoms with Crippen molar-refractivity contribution >= 4 is 56.4 Å². The van der Waals surface area contributed by atoms with Gasteiger partial charge in [-0.25, -0.2) is 8.42 Å². The lowest BCUT2D eigenvalue weighted by molar-refractivity contribution is -0.131. The lowest BCUT2D eigenvalue weighted by atomic mass is 10.2. The zero-order valence-corrected chi connectivity index (χ0v) is 23.2.